The van der Waals surface area contributed by atoms with Crippen LogP contribution in [0.25, 0.3) is 0 Å². The van der Waals surface area contributed by atoms with E-state index in [9.17, 15) is 15.2 Å². The van der Waals surface area contributed by atoms with E-state index in [1.54, 1.807) is 23.5 Å². The van der Waals surface area contributed by atoms with Crippen LogP contribution in [-0.2, 0) is 24.1 Å². The van der Waals surface area contributed by atoms with E-state index in [4.69, 9.17) is 4.98 Å². The number of carbonyl (C=O) groups is 1. The second-order valence-corrected chi connectivity index (χ2v) is 10.3. The quantitative estimate of drug-likeness (QED) is 0.356. The van der Waals surface area contributed by atoms with Gasteiger partial charge in [-0.1, -0.05) is 30.8 Å². The number of benzene rings is 1. The van der Waals surface area contributed by atoms with Crippen molar-refractivity contribution in [3.8, 4) is 11.8 Å². The molecule has 2 heterocycles. The van der Waals surface area contributed by atoms with Crippen molar-refractivity contribution >= 4 is 46.4 Å². The predicted octanol–water partition coefficient (Wildman–Crippen LogP) is 5.76. The number of aryl methyl sites for hydroxylation is 2. The van der Waals surface area contributed by atoms with Gasteiger partial charge in [0.1, 0.15) is 16.8 Å². The molecule has 0 saturated carbocycles. The first-order valence-electron chi connectivity index (χ1n) is 10.8. The van der Waals surface area contributed by atoms with E-state index < -0.39 is 0 Å². The smallest absolute Gasteiger partial charge is 0.238 e. The highest BCUT2D eigenvalue weighted by molar-refractivity contribution is 8.00. The second-order valence-electron chi connectivity index (χ2n) is 7.99. The first-order chi connectivity index (χ1) is 15.5. The summed E-state index contributed by atoms with van der Waals surface area (Å²) in [7, 11) is 0. The Labute approximate surface area is 208 Å². The number of rotatable bonds is 7. The van der Waals surface area contributed by atoms with Crippen molar-refractivity contribution in [2.45, 2.75) is 62.8 Å². The van der Waals surface area contributed by atoms with Gasteiger partial charge in [-0.2, -0.15) is 5.26 Å². The van der Waals surface area contributed by atoms with Gasteiger partial charge in [-0.25, -0.2) is 4.98 Å². The molecule has 3 aromatic rings. The van der Waals surface area contributed by atoms with E-state index >= 15 is 0 Å². The van der Waals surface area contributed by atoms with Crippen LogP contribution in [0.1, 0.15) is 59.1 Å². The number of nitriles is 1. The first-order valence-corrected chi connectivity index (χ1v) is 12.5. The minimum Gasteiger partial charge on any atom is -0.508 e. The highest BCUT2D eigenvalue weighted by Gasteiger charge is 2.25. The van der Waals surface area contributed by atoms with Gasteiger partial charge in [-0.05, 0) is 62.3 Å². The summed E-state index contributed by atoms with van der Waals surface area (Å²) in [4.78, 5) is 22.3. The predicted molar refractivity (Wildman–Crippen MR) is 136 cm³/mol. The molecular weight excluding hydrogens is 476 g/mol. The number of thioether (sulfide) groups is 1. The van der Waals surface area contributed by atoms with Crippen LogP contribution < -0.4 is 5.32 Å². The van der Waals surface area contributed by atoms with Gasteiger partial charge in [0.05, 0.1) is 16.5 Å². The molecule has 0 bridgehead atoms. The third-order valence-electron chi connectivity index (χ3n) is 5.71. The van der Waals surface area contributed by atoms with Gasteiger partial charge >= 0.3 is 0 Å². The Kier molecular flexibility index (Phi) is 8.46. The average molecular weight is 503 g/mol. The number of imidazole rings is 1. The number of amides is 1. The molecule has 1 unspecified atom stereocenters. The van der Waals surface area contributed by atoms with Crippen LogP contribution in [0.2, 0.25) is 0 Å². The molecule has 0 saturated heterocycles. The van der Waals surface area contributed by atoms with E-state index in [-0.39, 0.29) is 29.3 Å². The van der Waals surface area contributed by atoms with E-state index in [0.717, 1.165) is 48.2 Å². The summed E-state index contributed by atoms with van der Waals surface area (Å²) < 4.78 is 0. The third kappa shape index (κ3) is 5.72. The topological polar surface area (TPSA) is 102 Å². The number of carbonyl (C=O) groups excluding carboxylic acids is 1. The van der Waals surface area contributed by atoms with Gasteiger partial charge in [0.15, 0.2) is 5.16 Å². The number of thiophene rings is 1. The molecule has 3 N–H and O–H groups in total. The summed E-state index contributed by atoms with van der Waals surface area (Å²) in [5.74, 6) is 0.147. The Bertz CT molecular complexity index is 1160. The van der Waals surface area contributed by atoms with Crippen LogP contribution >= 0.6 is 35.5 Å². The summed E-state index contributed by atoms with van der Waals surface area (Å²) in [6.07, 6.45) is 5.46. The monoisotopic (exact) mass is 502 g/mol. The van der Waals surface area contributed by atoms with Crippen molar-refractivity contribution in [1.82, 2.24) is 9.97 Å². The molecule has 1 amide bonds. The molecule has 1 aliphatic rings. The van der Waals surface area contributed by atoms with Gasteiger partial charge in [-0.15, -0.1) is 23.7 Å². The van der Waals surface area contributed by atoms with E-state index in [1.807, 2.05) is 26.0 Å². The highest BCUT2D eigenvalue weighted by atomic mass is 35.5. The molecule has 0 fully saturated rings. The largest absolute Gasteiger partial charge is 0.508 e. The molecule has 9 heteroatoms. The first kappa shape index (κ1) is 25.2. The molecule has 0 radical (unpaired) electrons. The average Bonchev–Trinajstić information content (AvgIpc) is 3.32. The highest BCUT2D eigenvalue weighted by Crippen LogP contribution is 2.38. The fraction of sp³-hybridized carbons (Fsp3) is 0.375. The lowest BCUT2D eigenvalue weighted by molar-refractivity contribution is -0.115. The number of H-pyrrole nitrogens is 1. The van der Waals surface area contributed by atoms with Gasteiger partial charge in [0, 0.05) is 17.0 Å². The maximum absolute atomic E-state index is 13.0. The molecule has 1 aromatic carbocycles. The van der Waals surface area contributed by atoms with Crippen LogP contribution in [-0.4, -0.2) is 26.2 Å². The number of anilines is 1. The summed E-state index contributed by atoms with van der Waals surface area (Å²) in [6.45, 7) is 3.96. The fourth-order valence-corrected chi connectivity index (χ4v) is 6.14. The van der Waals surface area contributed by atoms with Crippen molar-refractivity contribution in [2.24, 2.45) is 0 Å². The molecule has 4 rings (SSSR count). The van der Waals surface area contributed by atoms with E-state index in [2.05, 4.69) is 16.4 Å². The number of phenols is 1. The van der Waals surface area contributed by atoms with Gasteiger partial charge in [0.2, 0.25) is 5.91 Å². The van der Waals surface area contributed by atoms with Crippen LogP contribution in [0.3, 0.4) is 0 Å². The number of nitrogens with zero attached hydrogens (tertiary/aromatic N) is 2. The summed E-state index contributed by atoms with van der Waals surface area (Å²) in [5.41, 5.74) is 4.72. The molecule has 174 valence electrons. The zero-order valence-electron chi connectivity index (χ0n) is 18.6. The molecule has 1 atom stereocenters. The van der Waals surface area contributed by atoms with Gasteiger partial charge in [-0.3, -0.25) is 4.79 Å². The molecule has 0 spiro atoms. The molecule has 1 aliphatic carbocycles. The van der Waals surface area contributed by atoms with Crippen molar-refractivity contribution in [2.75, 3.05) is 5.32 Å². The Morgan fingerprint density at radius 1 is 1.33 bits per heavy atom. The summed E-state index contributed by atoms with van der Waals surface area (Å²) in [6, 6.07) is 9.41. The summed E-state index contributed by atoms with van der Waals surface area (Å²) in [5, 5.41) is 23.2. The Morgan fingerprint density at radius 3 is 2.76 bits per heavy atom. The number of phenolic OH excluding ortho intramolecular Hbond substituents is 1. The number of nitrogens with one attached hydrogen (secondary N) is 2. The number of hydrogen-bond acceptors (Lipinski definition) is 6. The lowest BCUT2D eigenvalue weighted by Crippen LogP contribution is -2.24. The Morgan fingerprint density at radius 2 is 2.06 bits per heavy atom. The minimum absolute atomic E-state index is 0. The third-order valence-corrected chi connectivity index (χ3v) is 8.16. The molecule has 0 aliphatic heterocycles. The van der Waals surface area contributed by atoms with Crippen LogP contribution in [0.5, 0.6) is 5.75 Å². The Balaban J connectivity index is 0.00000306. The number of aromatic amines is 1. The van der Waals surface area contributed by atoms with E-state index in [1.165, 1.54) is 16.6 Å². The number of hydrogen-bond donors (Lipinski definition) is 3. The Hall–Kier alpha value is -2.47. The minimum atomic E-state index is -0.312. The van der Waals surface area contributed by atoms with Crippen molar-refractivity contribution < 1.29 is 9.90 Å². The molecule has 33 heavy (non-hydrogen) atoms. The molecule has 2 aromatic heterocycles. The fourth-order valence-electron chi connectivity index (χ4n) is 3.92. The van der Waals surface area contributed by atoms with Crippen molar-refractivity contribution in [3.63, 3.8) is 0 Å². The van der Waals surface area contributed by atoms with Crippen LogP contribution in [0.15, 0.2) is 29.4 Å². The van der Waals surface area contributed by atoms with Crippen LogP contribution in [0.4, 0.5) is 5.00 Å². The lowest BCUT2D eigenvalue weighted by Gasteiger charge is -2.12. The maximum Gasteiger partial charge on any atom is 0.238 e. The second kappa shape index (κ2) is 11.1. The van der Waals surface area contributed by atoms with E-state index in [0.29, 0.717) is 28.6 Å². The molecular formula is C24H27ClN4O2S2. The number of aromatic hydroxyl groups is 1. The number of fused-ring (bicyclic) bond motifs is 1. The van der Waals surface area contributed by atoms with Crippen molar-refractivity contribution in [1.29, 1.82) is 5.26 Å². The number of aromatic nitrogens is 2. The van der Waals surface area contributed by atoms with Gasteiger partial charge < -0.3 is 15.4 Å². The number of halogens is 1. The normalized spacial score (nSPS) is 13.5. The zero-order chi connectivity index (χ0) is 22.7. The lowest BCUT2D eigenvalue weighted by atomic mass is 9.96. The van der Waals surface area contributed by atoms with Gasteiger partial charge in [0.25, 0.3) is 0 Å². The summed E-state index contributed by atoms with van der Waals surface area (Å²) >= 11 is 2.97. The molecule has 6 nitrogen and oxygen atoms in total. The standard InChI is InChI=1S/C24H26N4O2S2.ClH/c1-3-20(22(30)28-23-18(13-25)17-6-4-5-7-21(17)31-23)32-24-26-14(2)19(27-24)12-15-8-10-16(29)11-9-15;/h8-11,20,29H,3-7,12H2,1-2H3,(H,26,27)(H,28,30);1H. The SMILES string of the molecule is CCC(Sc1nc(Cc2ccc(O)cc2)c(C)[nH]1)C(=O)Nc1sc2c(c1C#N)CCCC2.Cl. The maximum atomic E-state index is 13.0. The van der Waals surface area contributed by atoms with Crippen LogP contribution in [0, 0.1) is 18.3 Å². The zero-order valence-corrected chi connectivity index (χ0v) is 21.1. The van der Waals surface area contributed by atoms with Crippen molar-refractivity contribution in [3.05, 3.63) is 57.2 Å².